The van der Waals surface area contributed by atoms with E-state index in [0.29, 0.717) is 5.04 Å². The predicted octanol–water partition coefficient (Wildman–Crippen LogP) is 3.39. The lowest BCUT2D eigenvalue weighted by Gasteiger charge is -2.29. The highest BCUT2D eigenvalue weighted by molar-refractivity contribution is 8.24. The number of thioether (sulfide) groups is 1. The van der Waals surface area contributed by atoms with Crippen molar-refractivity contribution in [2.75, 3.05) is 0 Å². The molecule has 0 aromatic heterocycles. The predicted molar refractivity (Wildman–Crippen MR) is 79.2 cm³/mol. The van der Waals surface area contributed by atoms with Crippen molar-refractivity contribution in [3.05, 3.63) is 0 Å². The second-order valence-electron chi connectivity index (χ2n) is 5.79. The van der Waals surface area contributed by atoms with Crippen molar-refractivity contribution >= 4 is 28.4 Å². The van der Waals surface area contributed by atoms with E-state index in [1.54, 1.807) is 0 Å². The van der Waals surface area contributed by atoms with Crippen LogP contribution in [0.15, 0.2) is 0 Å². The van der Waals surface area contributed by atoms with E-state index in [1.165, 1.54) is 17.3 Å². The summed E-state index contributed by atoms with van der Waals surface area (Å²) in [4.78, 5) is 11.6. The third kappa shape index (κ3) is 6.09. The van der Waals surface area contributed by atoms with Crippen LogP contribution in [0.3, 0.4) is 0 Å². The van der Waals surface area contributed by atoms with Crippen LogP contribution < -0.4 is 5.32 Å². The molecule has 1 saturated carbocycles. The van der Waals surface area contributed by atoms with Crippen molar-refractivity contribution in [2.24, 2.45) is 5.92 Å². The van der Waals surface area contributed by atoms with Gasteiger partial charge in [-0.15, -0.1) is 0 Å². The molecule has 0 bridgehead atoms. The molecular formula is C13H23N3O2S. The second-order valence-corrected chi connectivity index (χ2v) is 6.71. The molecule has 0 spiro atoms. The third-order valence-electron chi connectivity index (χ3n) is 3.00. The summed E-state index contributed by atoms with van der Waals surface area (Å²) in [6.07, 6.45) is 3.15. The van der Waals surface area contributed by atoms with E-state index >= 15 is 0 Å². The average molecular weight is 285 g/mol. The van der Waals surface area contributed by atoms with E-state index in [0.717, 1.165) is 25.7 Å². The van der Waals surface area contributed by atoms with E-state index < -0.39 is 5.60 Å². The summed E-state index contributed by atoms with van der Waals surface area (Å²) in [5.41, 5.74) is 0.734. The molecule has 108 valence electrons. The summed E-state index contributed by atoms with van der Waals surface area (Å²) in [6.45, 7) is 5.54. The average Bonchev–Trinajstić information content (AvgIpc) is 2.27. The summed E-state index contributed by atoms with van der Waals surface area (Å²) in [5, 5.41) is 18.2. The normalized spacial score (nSPS) is 23.5. The molecule has 0 heterocycles. The molecule has 0 aromatic rings. The van der Waals surface area contributed by atoms with Crippen molar-refractivity contribution in [3.8, 4) is 0 Å². The van der Waals surface area contributed by atoms with E-state index in [9.17, 15) is 4.79 Å². The largest absolute Gasteiger partial charge is 0.444 e. The van der Waals surface area contributed by atoms with Crippen LogP contribution in [0.25, 0.3) is 0 Å². The van der Waals surface area contributed by atoms with Crippen LogP contribution in [0.4, 0.5) is 4.79 Å². The molecule has 1 amide bonds. The first-order valence-electron chi connectivity index (χ1n) is 6.55. The Kier molecular flexibility index (Phi) is 5.85. The van der Waals surface area contributed by atoms with Gasteiger partial charge in [0, 0.05) is 12.0 Å². The molecular weight excluding hydrogens is 262 g/mol. The van der Waals surface area contributed by atoms with Gasteiger partial charge in [0.1, 0.15) is 5.60 Å². The van der Waals surface area contributed by atoms with Crippen LogP contribution in [0.5, 0.6) is 0 Å². The zero-order chi connectivity index (χ0) is 14.5. The second kappa shape index (κ2) is 6.93. The number of ether oxygens (including phenoxy) is 1. The lowest BCUT2D eigenvalue weighted by molar-refractivity contribution is 0.0491. The molecule has 1 aliphatic rings. The van der Waals surface area contributed by atoms with Gasteiger partial charge < -0.3 is 15.5 Å². The van der Waals surface area contributed by atoms with Gasteiger partial charge in [-0.05, 0) is 46.5 Å². The molecule has 0 atom stereocenters. The zero-order valence-electron chi connectivity index (χ0n) is 11.8. The number of rotatable bonds is 3. The molecule has 0 aromatic carbocycles. The van der Waals surface area contributed by atoms with Gasteiger partial charge in [-0.25, -0.2) is 4.79 Å². The summed E-state index contributed by atoms with van der Waals surface area (Å²) in [5.74, 6) is 0.239. The molecule has 0 aliphatic heterocycles. The van der Waals surface area contributed by atoms with Crippen molar-refractivity contribution in [2.45, 2.75) is 58.1 Å². The van der Waals surface area contributed by atoms with Gasteiger partial charge in [-0.1, -0.05) is 11.8 Å². The molecule has 19 heavy (non-hydrogen) atoms. The number of amides is 1. The third-order valence-corrected chi connectivity index (χ3v) is 3.71. The monoisotopic (exact) mass is 285 g/mol. The van der Waals surface area contributed by atoms with Crippen molar-refractivity contribution < 1.29 is 9.53 Å². The van der Waals surface area contributed by atoms with Crippen LogP contribution in [-0.2, 0) is 4.74 Å². The molecule has 3 N–H and O–H groups in total. The van der Waals surface area contributed by atoms with Crippen molar-refractivity contribution in [1.82, 2.24) is 5.32 Å². The van der Waals surface area contributed by atoms with E-state index in [2.05, 4.69) is 5.32 Å². The van der Waals surface area contributed by atoms with Gasteiger partial charge in [-0.2, -0.15) is 0 Å². The van der Waals surface area contributed by atoms with E-state index in [1.807, 2.05) is 20.8 Å². The maximum atomic E-state index is 11.6. The Morgan fingerprint density at radius 2 is 1.89 bits per heavy atom. The Morgan fingerprint density at radius 1 is 1.32 bits per heavy atom. The van der Waals surface area contributed by atoms with Crippen LogP contribution in [-0.4, -0.2) is 28.3 Å². The highest BCUT2D eigenvalue weighted by atomic mass is 32.2. The van der Waals surface area contributed by atoms with Crippen LogP contribution in [0.1, 0.15) is 46.5 Å². The fraction of sp³-hybridized carbons (Fsp3) is 0.769. The van der Waals surface area contributed by atoms with Crippen molar-refractivity contribution in [1.29, 1.82) is 10.8 Å². The lowest BCUT2D eigenvalue weighted by atomic mass is 9.87. The fourth-order valence-electron chi connectivity index (χ4n) is 2.13. The minimum Gasteiger partial charge on any atom is -0.444 e. The maximum Gasteiger partial charge on any atom is 0.407 e. The fourth-order valence-corrected chi connectivity index (χ4v) is 2.69. The van der Waals surface area contributed by atoms with E-state index in [4.69, 9.17) is 15.6 Å². The Hall–Kier alpha value is -1.04. The van der Waals surface area contributed by atoms with Crippen LogP contribution in [0, 0.1) is 16.7 Å². The van der Waals surface area contributed by atoms with Gasteiger partial charge >= 0.3 is 6.09 Å². The molecule has 0 saturated heterocycles. The Balaban J connectivity index is 2.32. The quantitative estimate of drug-likeness (QED) is 0.549. The van der Waals surface area contributed by atoms with Gasteiger partial charge in [-0.3, -0.25) is 5.41 Å². The topological polar surface area (TPSA) is 86.0 Å². The van der Waals surface area contributed by atoms with Crippen LogP contribution >= 0.6 is 11.8 Å². The standard InChI is InChI=1S/C13H23N3O2S/c1-13(2,3)18-12(17)16-10-6-4-9(5-7-10)11(15)19-8-14/h8-10,14-15H,4-7H2,1-3H3,(H,16,17)/t9-,10-. The Bertz CT molecular complexity index is 344. The Labute approximate surface area is 118 Å². The molecule has 0 unspecified atom stereocenters. The Morgan fingerprint density at radius 3 is 2.37 bits per heavy atom. The van der Waals surface area contributed by atoms with Crippen LogP contribution in [0.2, 0.25) is 0 Å². The number of alkyl carbamates (subject to hydrolysis) is 1. The smallest absolute Gasteiger partial charge is 0.407 e. The van der Waals surface area contributed by atoms with Gasteiger partial charge in [0.2, 0.25) is 0 Å². The molecule has 1 aliphatic carbocycles. The first-order valence-corrected chi connectivity index (χ1v) is 7.43. The highest BCUT2D eigenvalue weighted by Crippen LogP contribution is 2.28. The summed E-state index contributed by atoms with van der Waals surface area (Å²) in [7, 11) is 0. The number of nitrogens with one attached hydrogen (secondary N) is 3. The number of carbonyl (C=O) groups is 1. The van der Waals surface area contributed by atoms with Gasteiger partial charge in [0.15, 0.2) is 0 Å². The molecule has 6 heteroatoms. The lowest BCUT2D eigenvalue weighted by Crippen LogP contribution is -2.41. The minimum absolute atomic E-state index is 0.142. The number of carbonyl (C=O) groups excluding carboxylic acids is 1. The molecule has 1 rings (SSSR count). The molecule has 5 nitrogen and oxygen atoms in total. The first kappa shape index (κ1) is 16.0. The number of hydrogen-bond donors (Lipinski definition) is 3. The van der Waals surface area contributed by atoms with Gasteiger partial charge in [0.05, 0.1) is 10.6 Å². The maximum absolute atomic E-state index is 11.6. The van der Waals surface area contributed by atoms with Crippen molar-refractivity contribution in [3.63, 3.8) is 0 Å². The number of hydrogen-bond acceptors (Lipinski definition) is 5. The SMILES string of the molecule is CC(C)(C)OC(=O)N[C@H]1CC[C@H](C(=N)SC=N)CC1. The highest BCUT2D eigenvalue weighted by Gasteiger charge is 2.26. The van der Waals surface area contributed by atoms with Gasteiger partial charge in [0.25, 0.3) is 0 Å². The molecule has 0 radical (unpaired) electrons. The summed E-state index contributed by atoms with van der Waals surface area (Å²) in [6, 6.07) is 0.142. The first-order chi connectivity index (χ1) is 8.81. The minimum atomic E-state index is -0.468. The molecule has 1 fully saturated rings. The van der Waals surface area contributed by atoms with E-state index in [-0.39, 0.29) is 18.1 Å². The summed E-state index contributed by atoms with van der Waals surface area (Å²) < 4.78 is 5.23. The zero-order valence-corrected chi connectivity index (χ0v) is 12.6. The summed E-state index contributed by atoms with van der Waals surface area (Å²) >= 11 is 1.17.